The fourth-order valence-corrected chi connectivity index (χ4v) is 5.03. The summed E-state index contributed by atoms with van der Waals surface area (Å²) in [7, 11) is -3.48. The van der Waals surface area contributed by atoms with Crippen molar-refractivity contribution in [2.45, 2.75) is 45.4 Å². The van der Waals surface area contributed by atoms with Crippen LogP contribution in [0.3, 0.4) is 0 Å². The van der Waals surface area contributed by atoms with Crippen LogP contribution >= 0.6 is 0 Å². The van der Waals surface area contributed by atoms with Gasteiger partial charge in [0.2, 0.25) is 0 Å². The van der Waals surface area contributed by atoms with E-state index in [4.69, 9.17) is 0 Å². The number of piperidine rings is 1. The van der Waals surface area contributed by atoms with Crippen molar-refractivity contribution in [1.29, 1.82) is 0 Å². The van der Waals surface area contributed by atoms with Gasteiger partial charge in [-0.15, -0.1) is 0 Å². The van der Waals surface area contributed by atoms with E-state index in [9.17, 15) is 18.3 Å². The van der Waals surface area contributed by atoms with E-state index in [0.717, 1.165) is 25.7 Å². The van der Waals surface area contributed by atoms with Crippen molar-refractivity contribution in [3.63, 3.8) is 0 Å². The van der Waals surface area contributed by atoms with E-state index < -0.39 is 21.6 Å². The Morgan fingerprint density at radius 2 is 1.80 bits per heavy atom. The summed E-state index contributed by atoms with van der Waals surface area (Å²) in [6, 6.07) is 0. The van der Waals surface area contributed by atoms with Gasteiger partial charge in [0.1, 0.15) is 0 Å². The van der Waals surface area contributed by atoms with Gasteiger partial charge in [0.25, 0.3) is 10.2 Å². The zero-order valence-corrected chi connectivity index (χ0v) is 12.9. The zero-order chi connectivity index (χ0) is 14.8. The van der Waals surface area contributed by atoms with Gasteiger partial charge in [-0.05, 0) is 25.7 Å². The van der Waals surface area contributed by atoms with Crippen LogP contribution in [0.25, 0.3) is 0 Å². The molecule has 7 heteroatoms. The van der Waals surface area contributed by atoms with E-state index in [0.29, 0.717) is 32.5 Å². The summed E-state index contributed by atoms with van der Waals surface area (Å²) in [6.07, 6.45) is 4.57. The number of nitrogens with zero attached hydrogens (tertiary/aromatic N) is 2. The second-order valence-electron chi connectivity index (χ2n) is 5.89. The number of carboxylic acids is 1. The van der Waals surface area contributed by atoms with E-state index in [-0.39, 0.29) is 6.54 Å². The summed E-state index contributed by atoms with van der Waals surface area (Å²) < 4.78 is 28.0. The third-order valence-corrected chi connectivity index (χ3v) is 6.45. The van der Waals surface area contributed by atoms with Crippen LogP contribution in [-0.4, -0.2) is 54.3 Å². The van der Waals surface area contributed by atoms with Gasteiger partial charge in [-0.2, -0.15) is 17.0 Å². The minimum atomic E-state index is -3.48. The third-order valence-electron chi connectivity index (χ3n) is 4.47. The Morgan fingerprint density at radius 1 is 1.15 bits per heavy atom. The Labute approximate surface area is 120 Å². The van der Waals surface area contributed by atoms with Crippen LogP contribution in [0.1, 0.15) is 45.4 Å². The first kappa shape index (κ1) is 15.7. The summed E-state index contributed by atoms with van der Waals surface area (Å²) in [5, 5.41) is 9.45. The summed E-state index contributed by atoms with van der Waals surface area (Å²) in [5.74, 6) is -0.865. The first-order chi connectivity index (χ1) is 9.42. The van der Waals surface area contributed by atoms with Gasteiger partial charge in [0, 0.05) is 26.2 Å². The van der Waals surface area contributed by atoms with Crippen molar-refractivity contribution in [2.75, 3.05) is 26.2 Å². The van der Waals surface area contributed by atoms with Gasteiger partial charge in [-0.25, -0.2) is 0 Å². The fourth-order valence-electron chi connectivity index (χ4n) is 3.25. The molecule has 2 rings (SSSR count). The lowest BCUT2D eigenvalue weighted by molar-refractivity contribution is -0.148. The highest BCUT2D eigenvalue weighted by Gasteiger charge is 2.48. The molecule has 2 fully saturated rings. The molecule has 0 radical (unpaired) electrons. The number of rotatable bonds is 5. The number of hydrogen-bond donors (Lipinski definition) is 1. The molecule has 0 aromatic carbocycles. The Morgan fingerprint density at radius 3 is 2.35 bits per heavy atom. The maximum atomic E-state index is 12.6. The average molecular weight is 304 g/mol. The van der Waals surface area contributed by atoms with E-state index in [1.165, 1.54) is 8.61 Å². The number of hydrogen-bond acceptors (Lipinski definition) is 3. The van der Waals surface area contributed by atoms with Crippen LogP contribution in [-0.2, 0) is 15.0 Å². The maximum absolute atomic E-state index is 12.6. The van der Waals surface area contributed by atoms with Gasteiger partial charge in [0.15, 0.2) is 0 Å². The van der Waals surface area contributed by atoms with E-state index in [2.05, 4.69) is 0 Å². The lowest BCUT2D eigenvalue weighted by Crippen LogP contribution is -2.46. The van der Waals surface area contributed by atoms with Crippen LogP contribution in [0.5, 0.6) is 0 Å². The molecular formula is C13H24N2O4S. The molecular weight excluding hydrogens is 280 g/mol. The Balaban J connectivity index is 2.12. The number of aliphatic carboxylic acids is 1. The quantitative estimate of drug-likeness (QED) is 0.830. The molecule has 2 aliphatic heterocycles. The molecule has 2 aliphatic rings. The highest BCUT2D eigenvalue weighted by atomic mass is 32.2. The molecule has 0 spiro atoms. The second kappa shape index (κ2) is 5.99. The average Bonchev–Trinajstić information content (AvgIpc) is 2.87. The molecule has 116 valence electrons. The highest BCUT2D eigenvalue weighted by molar-refractivity contribution is 7.86. The fraction of sp³-hybridized carbons (Fsp3) is 0.923. The predicted molar refractivity (Wildman–Crippen MR) is 75.5 cm³/mol. The summed E-state index contributed by atoms with van der Waals surface area (Å²) in [4.78, 5) is 11.5. The van der Waals surface area contributed by atoms with Crippen LogP contribution in [0, 0.1) is 5.41 Å². The molecule has 0 aromatic heterocycles. The second-order valence-corrected chi connectivity index (χ2v) is 7.81. The van der Waals surface area contributed by atoms with E-state index in [1.807, 2.05) is 6.92 Å². The van der Waals surface area contributed by atoms with Gasteiger partial charge >= 0.3 is 5.97 Å². The van der Waals surface area contributed by atoms with Crippen molar-refractivity contribution in [3.05, 3.63) is 0 Å². The van der Waals surface area contributed by atoms with Crippen molar-refractivity contribution in [2.24, 2.45) is 5.41 Å². The standard InChI is InChI=1S/C13H24N2O4S/c1-2-6-13(12(16)17)7-10-15(11-13)20(18,19)14-8-4-3-5-9-14/h2-11H2,1H3,(H,16,17). The van der Waals surface area contributed by atoms with Gasteiger partial charge in [-0.1, -0.05) is 19.8 Å². The normalized spacial score (nSPS) is 29.6. The smallest absolute Gasteiger partial charge is 0.311 e. The summed E-state index contributed by atoms with van der Waals surface area (Å²) in [5.41, 5.74) is -0.891. The van der Waals surface area contributed by atoms with Crippen LogP contribution in [0.4, 0.5) is 0 Å². The number of carbonyl (C=O) groups is 1. The molecule has 0 amide bonds. The Hall–Kier alpha value is -0.660. The molecule has 6 nitrogen and oxygen atoms in total. The zero-order valence-electron chi connectivity index (χ0n) is 12.0. The van der Waals surface area contributed by atoms with E-state index in [1.54, 1.807) is 0 Å². The predicted octanol–water partition coefficient (Wildman–Crippen LogP) is 1.29. The lowest BCUT2D eigenvalue weighted by atomic mass is 9.83. The third kappa shape index (κ3) is 2.84. The van der Waals surface area contributed by atoms with Crippen LogP contribution in [0.2, 0.25) is 0 Å². The molecule has 20 heavy (non-hydrogen) atoms. The SMILES string of the molecule is CCCC1(C(=O)O)CCN(S(=O)(=O)N2CCCCC2)C1. The number of carboxylic acid groups (broad SMARTS) is 1. The van der Waals surface area contributed by atoms with Crippen molar-refractivity contribution in [3.8, 4) is 0 Å². The van der Waals surface area contributed by atoms with Crippen molar-refractivity contribution in [1.82, 2.24) is 8.61 Å². The van der Waals surface area contributed by atoms with Crippen molar-refractivity contribution < 1.29 is 18.3 Å². The monoisotopic (exact) mass is 304 g/mol. The molecule has 2 heterocycles. The Kier molecular flexibility index (Phi) is 4.71. The summed E-state index contributed by atoms with van der Waals surface area (Å²) in [6.45, 7) is 3.51. The van der Waals surface area contributed by atoms with E-state index >= 15 is 0 Å². The van der Waals surface area contributed by atoms with Crippen LogP contribution < -0.4 is 0 Å². The lowest BCUT2D eigenvalue weighted by Gasteiger charge is -2.31. The highest BCUT2D eigenvalue weighted by Crippen LogP contribution is 2.37. The summed E-state index contributed by atoms with van der Waals surface area (Å²) >= 11 is 0. The van der Waals surface area contributed by atoms with Crippen molar-refractivity contribution >= 4 is 16.2 Å². The molecule has 0 aliphatic carbocycles. The Bertz CT molecular complexity index is 459. The molecule has 0 saturated carbocycles. The minimum absolute atomic E-state index is 0.120. The van der Waals surface area contributed by atoms with Crippen LogP contribution in [0.15, 0.2) is 0 Å². The molecule has 1 N–H and O–H groups in total. The largest absolute Gasteiger partial charge is 0.481 e. The van der Waals surface area contributed by atoms with Gasteiger partial charge < -0.3 is 5.11 Å². The maximum Gasteiger partial charge on any atom is 0.311 e. The molecule has 1 atom stereocenters. The molecule has 1 unspecified atom stereocenters. The topological polar surface area (TPSA) is 77.9 Å². The first-order valence-electron chi connectivity index (χ1n) is 7.41. The molecule has 0 bridgehead atoms. The molecule has 2 saturated heterocycles. The van der Waals surface area contributed by atoms with Gasteiger partial charge in [0.05, 0.1) is 5.41 Å². The van der Waals surface area contributed by atoms with Gasteiger partial charge in [-0.3, -0.25) is 4.79 Å². The molecule has 0 aromatic rings. The first-order valence-corrected chi connectivity index (χ1v) is 8.81. The minimum Gasteiger partial charge on any atom is -0.481 e.